The average molecular weight is 259 g/mol. The Morgan fingerprint density at radius 1 is 1.14 bits per heavy atom. The number of ether oxygens (including phenoxy) is 1. The summed E-state index contributed by atoms with van der Waals surface area (Å²) in [6.45, 7) is 4.48. The second-order valence-electron chi connectivity index (χ2n) is 3.63. The molecule has 1 nitrogen and oxygen atoms in total. The number of benzene rings is 1. The van der Waals surface area contributed by atoms with Gasteiger partial charge in [-0.25, -0.2) is 0 Å². The summed E-state index contributed by atoms with van der Waals surface area (Å²) >= 11 is 3.41. The van der Waals surface area contributed by atoms with Crippen LogP contribution in [-0.2, 0) is 11.2 Å². The molecule has 0 bridgehead atoms. The third-order valence-corrected chi connectivity index (χ3v) is 2.09. The SMILES string of the molecule is CC(C)Cc1ccc(Br)cc1.COC. The van der Waals surface area contributed by atoms with Gasteiger partial charge in [-0.3, -0.25) is 0 Å². The molecule has 0 spiro atoms. The van der Waals surface area contributed by atoms with Gasteiger partial charge in [-0.1, -0.05) is 41.9 Å². The maximum atomic E-state index is 4.25. The minimum Gasteiger partial charge on any atom is -0.388 e. The van der Waals surface area contributed by atoms with Crippen LogP contribution in [0.15, 0.2) is 28.7 Å². The molecule has 80 valence electrons. The van der Waals surface area contributed by atoms with Gasteiger partial charge in [-0.2, -0.15) is 0 Å². The highest BCUT2D eigenvalue weighted by Gasteiger charge is 1.95. The van der Waals surface area contributed by atoms with E-state index in [0.717, 1.165) is 10.4 Å². The van der Waals surface area contributed by atoms with E-state index in [1.165, 1.54) is 12.0 Å². The molecule has 0 aliphatic rings. The van der Waals surface area contributed by atoms with E-state index in [1.54, 1.807) is 14.2 Å². The van der Waals surface area contributed by atoms with E-state index in [2.05, 4.69) is 58.8 Å². The third kappa shape index (κ3) is 7.10. The molecule has 0 radical (unpaired) electrons. The maximum Gasteiger partial charge on any atom is 0.0351 e. The lowest BCUT2D eigenvalue weighted by molar-refractivity contribution is 0.277. The number of hydrogen-bond acceptors (Lipinski definition) is 1. The fourth-order valence-corrected chi connectivity index (χ4v) is 1.36. The van der Waals surface area contributed by atoms with Crippen LogP contribution in [0.25, 0.3) is 0 Å². The molecule has 0 saturated carbocycles. The summed E-state index contributed by atoms with van der Waals surface area (Å²) in [6.07, 6.45) is 1.17. The Kier molecular flexibility index (Phi) is 7.81. The summed E-state index contributed by atoms with van der Waals surface area (Å²) in [5.41, 5.74) is 1.42. The molecule has 0 aliphatic carbocycles. The zero-order valence-corrected chi connectivity index (χ0v) is 11.0. The number of methoxy groups -OCH3 is 1. The van der Waals surface area contributed by atoms with Gasteiger partial charge in [0.1, 0.15) is 0 Å². The summed E-state index contributed by atoms with van der Waals surface area (Å²) < 4.78 is 5.41. The lowest BCUT2D eigenvalue weighted by Gasteiger charge is -2.03. The van der Waals surface area contributed by atoms with Crippen molar-refractivity contribution in [3.05, 3.63) is 34.3 Å². The summed E-state index contributed by atoms with van der Waals surface area (Å²) in [5.74, 6) is 0.746. The smallest absolute Gasteiger partial charge is 0.0351 e. The van der Waals surface area contributed by atoms with Crippen LogP contribution < -0.4 is 0 Å². The standard InChI is InChI=1S/C10H13Br.C2H6O/c1-8(2)7-9-3-5-10(11)6-4-9;1-3-2/h3-6,8H,7H2,1-2H3;1-2H3. The fraction of sp³-hybridized carbons (Fsp3) is 0.500. The summed E-state index contributed by atoms with van der Waals surface area (Å²) in [7, 11) is 3.25. The molecular weight excluding hydrogens is 240 g/mol. The Morgan fingerprint density at radius 2 is 1.57 bits per heavy atom. The summed E-state index contributed by atoms with van der Waals surface area (Å²) in [5, 5.41) is 0. The van der Waals surface area contributed by atoms with Crippen LogP contribution in [0, 0.1) is 5.92 Å². The number of hydrogen-bond donors (Lipinski definition) is 0. The van der Waals surface area contributed by atoms with Crippen molar-refractivity contribution in [2.24, 2.45) is 5.92 Å². The Labute approximate surface area is 95.6 Å². The van der Waals surface area contributed by atoms with Crippen LogP contribution in [-0.4, -0.2) is 14.2 Å². The largest absolute Gasteiger partial charge is 0.388 e. The van der Waals surface area contributed by atoms with Crippen LogP contribution in [0.4, 0.5) is 0 Å². The first-order chi connectivity index (χ1) is 6.60. The minimum absolute atomic E-state index is 0.746. The molecule has 2 heteroatoms. The summed E-state index contributed by atoms with van der Waals surface area (Å²) in [6, 6.07) is 8.53. The van der Waals surface area contributed by atoms with E-state index in [0.29, 0.717) is 0 Å². The normalized spacial score (nSPS) is 9.57. The van der Waals surface area contributed by atoms with Gasteiger partial charge in [0, 0.05) is 18.7 Å². The average Bonchev–Trinajstić information content (AvgIpc) is 2.09. The van der Waals surface area contributed by atoms with E-state index < -0.39 is 0 Å². The van der Waals surface area contributed by atoms with Crippen molar-refractivity contribution in [3.8, 4) is 0 Å². The van der Waals surface area contributed by atoms with E-state index in [9.17, 15) is 0 Å². The molecule has 14 heavy (non-hydrogen) atoms. The molecule has 0 unspecified atom stereocenters. The fourth-order valence-electron chi connectivity index (χ4n) is 1.09. The lowest BCUT2D eigenvalue weighted by Crippen LogP contribution is -1.92. The van der Waals surface area contributed by atoms with Gasteiger partial charge in [0.05, 0.1) is 0 Å². The van der Waals surface area contributed by atoms with Gasteiger partial charge in [0.25, 0.3) is 0 Å². The molecule has 0 aromatic heterocycles. The van der Waals surface area contributed by atoms with Gasteiger partial charge >= 0.3 is 0 Å². The monoisotopic (exact) mass is 258 g/mol. The van der Waals surface area contributed by atoms with Gasteiger partial charge in [-0.05, 0) is 30.0 Å². The first-order valence-electron chi connectivity index (χ1n) is 4.74. The highest BCUT2D eigenvalue weighted by atomic mass is 79.9. The molecule has 0 aliphatic heterocycles. The van der Waals surface area contributed by atoms with Crippen LogP contribution in [0.1, 0.15) is 19.4 Å². The molecule has 0 atom stereocenters. The van der Waals surface area contributed by atoms with E-state index in [4.69, 9.17) is 0 Å². The van der Waals surface area contributed by atoms with Gasteiger partial charge < -0.3 is 4.74 Å². The highest BCUT2D eigenvalue weighted by molar-refractivity contribution is 9.10. The molecule has 0 N–H and O–H groups in total. The van der Waals surface area contributed by atoms with E-state index in [1.807, 2.05) is 0 Å². The first-order valence-corrected chi connectivity index (χ1v) is 5.54. The Morgan fingerprint density at radius 3 is 1.93 bits per heavy atom. The topological polar surface area (TPSA) is 9.23 Å². The molecule has 1 aromatic carbocycles. The zero-order valence-electron chi connectivity index (χ0n) is 9.38. The van der Waals surface area contributed by atoms with Crippen molar-refractivity contribution in [2.75, 3.05) is 14.2 Å². The second kappa shape index (κ2) is 8.01. The molecule has 0 amide bonds. The third-order valence-electron chi connectivity index (χ3n) is 1.56. The van der Waals surface area contributed by atoms with Crippen LogP contribution in [0.5, 0.6) is 0 Å². The molecule has 1 aromatic rings. The van der Waals surface area contributed by atoms with Gasteiger partial charge in [0.15, 0.2) is 0 Å². The van der Waals surface area contributed by atoms with Crippen molar-refractivity contribution in [2.45, 2.75) is 20.3 Å². The molecule has 0 fully saturated rings. The van der Waals surface area contributed by atoms with Crippen molar-refractivity contribution >= 4 is 15.9 Å². The first kappa shape index (κ1) is 13.7. The van der Waals surface area contributed by atoms with Crippen molar-refractivity contribution in [3.63, 3.8) is 0 Å². The predicted molar refractivity (Wildman–Crippen MR) is 65.6 cm³/mol. The highest BCUT2D eigenvalue weighted by Crippen LogP contribution is 2.13. The van der Waals surface area contributed by atoms with Crippen LogP contribution in [0.3, 0.4) is 0 Å². The predicted octanol–water partition coefficient (Wildman–Crippen LogP) is 3.91. The van der Waals surface area contributed by atoms with Crippen LogP contribution in [0.2, 0.25) is 0 Å². The Bertz CT molecular complexity index is 229. The van der Waals surface area contributed by atoms with Crippen molar-refractivity contribution in [1.29, 1.82) is 0 Å². The quantitative estimate of drug-likeness (QED) is 0.782. The van der Waals surface area contributed by atoms with Gasteiger partial charge in [0.2, 0.25) is 0 Å². The molecule has 0 saturated heterocycles. The summed E-state index contributed by atoms with van der Waals surface area (Å²) in [4.78, 5) is 0. The number of rotatable bonds is 2. The van der Waals surface area contributed by atoms with Crippen molar-refractivity contribution in [1.82, 2.24) is 0 Å². The van der Waals surface area contributed by atoms with Gasteiger partial charge in [-0.15, -0.1) is 0 Å². The zero-order chi connectivity index (χ0) is 11.0. The Balaban J connectivity index is 0.000000500. The lowest BCUT2D eigenvalue weighted by atomic mass is 10.0. The number of halogens is 1. The van der Waals surface area contributed by atoms with Crippen molar-refractivity contribution < 1.29 is 4.74 Å². The minimum atomic E-state index is 0.746. The Hall–Kier alpha value is -0.340. The van der Waals surface area contributed by atoms with E-state index in [-0.39, 0.29) is 0 Å². The molecule has 0 heterocycles. The molecule has 1 rings (SSSR count). The maximum absolute atomic E-state index is 4.25. The second-order valence-corrected chi connectivity index (χ2v) is 4.55. The van der Waals surface area contributed by atoms with Crippen LogP contribution >= 0.6 is 15.9 Å². The van der Waals surface area contributed by atoms with E-state index >= 15 is 0 Å². The molecular formula is C12H19BrO.